The summed E-state index contributed by atoms with van der Waals surface area (Å²) in [5, 5.41) is 11.9. The van der Waals surface area contributed by atoms with Gasteiger partial charge in [-0.25, -0.2) is 4.90 Å². The van der Waals surface area contributed by atoms with Crippen molar-refractivity contribution in [3.63, 3.8) is 0 Å². The van der Waals surface area contributed by atoms with Gasteiger partial charge in [-0.05, 0) is 30.7 Å². The molecule has 2 aliphatic rings. The first-order valence-corrected chi connectivity index (χ1v) is 9.57. The maximum absolute atomic E-state index is 13.1. The minimum Gasteiger partial charge on any atom is -0.493 e. The zero-order valence-corrected chi connectivity index (χ0v) is 17.2. The normalized spacial score (nSPS) is 19.6. The average molecular weight is 423 g/mol. The SMILES string of the molecule is COc1ccc(N2C(=O)[C@@H]3N=NN(CC(=O)Nc4ccccc4C)[C@H]3C2=O)cc1OC. The lowest BCUT2D eigenvalue weighted by atomic mass is 10.1. The van der Waals surface area contributed by atoms with Crippen LogP contribution in [-0.2, 0) is 14.4 Å². The van der Waals surface area contributed by atoms with Crippen molar-refractivity contribution in [2.45, 2.75) is 19.0 Å². The molecule has 0 bridgehead atoms. The molecule has 160 valence electrons. The maximum Gasteiger partial charge on any atom is 0.263 e. The zero-order valence-electron chi connectivity index (χ0n) is 17.2. The van der Waals surface area contributed by atoms with Crippen LogP contribution in [0.1, 0.15) is 5.56 Å². The van der Waals surface area contributed by atoms with E-state index in [-0.39, 0.29) is 12.5 Å². The highest BCUT2D eigenvalue weighted by molar-refractivity contribution is 6.25. The van der Waals surface area contributed by atoms with E-state index < -0.39 is 23.9 Å². The third-order valence-electron chi connectivity index (χ3n) is 5.21. The number of carbonyl (C=O) groups is 3. The highest BCUT2D eigenvalue weighted by Crippen LogP contribution is 2.36. The first kappa shape index (κ1) is 20.3. The molecule has 0 spiro atoms. The van der Waals surface area contributed by atoms with Gasteiger partial charge in [-0.2, -0.15) is 5.11 Å². The number of anilines is 2. The number of hydrogen-bond acceptors (Lipinski definition) is 8. The number of aryl methyl sites for hydroxylation is 1. The van der Waals surface area contributed by atoms with Crippen LogP contribution in [0.15, 0.2) is 52.8 Å². The van der Waals surface area contributed by atoms with Crippen molar-refractivity contribution in [1.82, 2.24) is 5.01 Å². The van der Waals surface area contributed by atoms with Crippen LogP contribution in [0.5, 0.6) is 11.5 Å². The second kappa shape index (κ2) is 8.05. The van der Waals surface area contributed by atoms with E-state index in [0.29, 0.717) is 22.9 Å². The molecule has 0 aliphatic carbocycles. The Balaban J connectivity index is 1.52. The smallest absolute Gasteiger partial charge is 0.263 e. The first-order chi connectivity index (χ1) is 14.9. The topological polar surface area (TPSA) is 113 Å². The van der Waals surface area contributed by atoms with Crippen molar-refractivity contribution in [3.8, 4) is 11.5 Å². The van der Waals surface area contributed by atoms with E-state index >= 15 is 0 Å². The number of amides is 3. The van der Waals surface area contributed by atoms with Crippen LogP contribution in [0.3, 0.4) is 0 Å². The molecule has 2 aromatic carbocycles. The van der Waals surface area contributed by atoms with Crippen LogP contribution in [0.4, 0.5) is 11.4 Å². The highest BCUT2D eigenvalue weighted by atomic mass is 16.5. The van der Waals surface area contributed by atoms with Gasteiger partial charge in [0.15, 0.2) is 23.6 Å². The maximum atomic E-state index is 13.1. The van der Waals surface area contributed by atoms with E-state index in [2.05, 4.69) is 15.7 Å². The molecule has 0 radical (unpaired) electrons. The minimum atomic E-state index is -0.994. The third kappa shape index (κ3) is 3.56. The molecule has 2 aliphatic heterocycles. The fraction of sp³-hybridized carbons (Fsp3) is 0.286. The Bertz CT molecular complexity index is 1090. The molecule has 2 aromatic rings. The summed E-state index contributed by atoms with van der Waals surface area (Å²) in [5.41, 5.74) is 1.91. The van der Waals surface area contributed by atoms with E-state index in [4.69, 9.17) is 9.47 Å². The Morgan fingerprint density at radius 1 is 1.06 bits per heavy atom. The highest BCUT2D eigenvalue weighted by Gasteiger charge is 2.55. The Kier molecular flexibility index (Phi) is 5.28. The number of carbonyl (C=O) groups excluding carboxylic acids is 3. The number of benzene rings is 2. The molecule has 1 N–H and O–H groups in total. The zero-order chi connectivity index (χ0) is 22.1. The molecule has 0 unspecified atom stereocenters. The predicted octanol–water partition coefficient (Wildman–Crippen LogP) is 1.94. The van der Waals surface area contributed by atoms with Gasteiger partial charge in [0.25, 0.3) is 11.8 Å². The molecule has 10 heteroatoms. The van der Waals surface area contributed by atoms with E-state index in [0.717, 1.165) is 10.5 Å². The summed E-state index contributed by atoms with van der Waals surface area (Å²) >= 11 is 0. The van der Waals surface area contributed by atoms with Crippen molar-refractivity contribution < 1.29 is 23.9 Å². The number of hydrogen-bond donors (Lipinski definition) is 1. The van der Waals surface area contributed by atoms with Crippen molar-refractivity contribution in [3.05, 3.63) is 48.0 Å². The number of methoxy groups -OCH3 is 2. The molecule has 3 amide bonds. The first-order valence-electron chi connectivity index (χ1n) is 9.57. The Morgan fingerprint density at radius 2 is 1.81 bits per heavy atom. The Labute approximate surface area is 178 Å². The molecule has 1 fully saturated rings. The minimum absolute atomic E-state index is 0.211. The molecular weight excluding hydrogens is 402 g/mol. The lowest BCUT2D eigenvalue weighted by Crippen LogP contribution is -2.43. The largest absolute Gasteiger partial charge is 0.493 e. The standard InChI is InChI=1S/C21H21N5O5/c1-12-6-4-5-7-14(12)22-17(27)11-25-19-18(23-24-25)20(28)26(21(19)29)13-8-9-15(30-2)16(10-13)31-3/h4-10,18-19H,11H2,1-3H3,(H,22,27)/t18-,19-/m1/s1. The molecule has 0 aromatic heterocycles. The number of para-hydroxylation sites is 1. The third-order valence-corrected chi connectivity index (χ3v) is 5.21. The summed E-state index contributed by atoms with van der Waals surface area (Å²) in [6.07, 6.45) is 0. The second-order valence-electron chi connectivity index (χ2n) is 7.11. The number of nitrogens with zero attached hydrogens (tertiary/aromatic N) is 4. The molecule has 10 nitrogen and oxygen atoms in total. The number of imide groups is 1. The van der Waals surface area contributed by atoms with E-state index in [9.17, 15) is 14.4 Å². The average Bonchev–Trinajstić information content (AvgIpc) is 3.28. The monoisotopic (exact) mass is 423 g/mol. The lowest BCUT2D eigenvalue weighted by molar-refractivity contribution is -0.123. The summed E-state index contributed by atoms with van der Waals surface area (Å²) in [5.74, 6) is -0.518. The van der Waals surface area contributed by atoms with Crippen LogP contribution >= 0.6 is 0 Å². The molecule has 4 rings (SSSR count). The van der Waals surface area contributed by atoms with E-state index in [1.165, 1.54) is 19.2 Å². The number of nitrogens with one attached hydrogen (secondary N) is 1. The quantitative estimate of drug-likeness (QED) is 0.711. The summed E-state index contributed by atoms with van der Waals surface area (Å²) in [4.78, 5) is 39.5. The van der Waals surface area contributed by atoms with Gasteiger partial charge in [0, 0.05) is 11.8 Å². The number of fused-ring (bicyclic) bond motifs is 1. The Morgan fingerprint density at radius 3 is 2.52 bits per heavy atom. The van der Waals surface area contributed by atoms with Crippen LogP contribution < -0.4 is 19.7 Å². The van der Waals surface area contributed by atoms with Crippen molar-refractivity contribution in [1.29, 1.82) is 0 Å². The lowest BCUT2D eigenvalue weighted by Gasteiger charge is -2.21. The summed E-state index contributed by atoms with van der Waals surface area (Å²) in [7, 11) is 2.96. The summed E-state index contributed by atoms with van der Waals surface area (Å²) in [6.45, 7) is 1.67. The van der Waals surface area contributed by atoms with Crippen LogP contribution in [-0.4, -0.2) is 55.6 Å². The van der Waals surface area contributed by atoms with E-state index in [1.54, 1.807) is 24.3 Å². The molecule has 31 heavy (non-hydrogen) atoms. The van der Waals surface area contributed by atoms with Crippen LogP contribution in [0.2, 0.25) is 0 Å². The molecule has 1 saturated heterocycles. The summed E-state index contributed by atoms with van der Waals surface area (Å²) < 4.78 is 10.5. The van der Waals surface area contributed by atoms with Crippen LogP contribution in [0, 0.1) is 6.92 Å². The van der Waals surface area contributed by atoms with Crippen molar-refractivity contribution >= 4 is 29.1 Å². The summed E-state index contributed by atoms with van der Waals surface area (Å²) in [6, 6.07) is 10.1. The molecule has 2 atom stereocenters. The molecule has 2 heterocycles. The molecular formula is C21H21N5O5. The Hall–Kier alpha value is -3.95. The second-order valence-corrected chi connectivity index (χ2v) is 7.11. The van der Waals surface area contributed by atoms with Crippen molar-refractivity contribution in [2.24, 2.45) is 10.3 Å². The van der Waals surface area contributed by atoms with Crippen molar-refractivity contribution in [2.75, 3.05) is 31.0 Å². The van der Waals surface area contributed by atoms with Gasteiger partial charge < -0.3 is 14.8 Å². The van der Waals surface area contributed by atoms with Gasteiger partial charge in [-0.15, -0.1) is 0 Å². The van der Waals surface area contributed by atoms with Gasteiger partial charge >= 0.3 is 0 Å². The fourth-order valence-corrected chi connectivity index (χ4v) is 3.62. The number of ether oxygens (including phenoxy) is 2. The molecule has 0 saturated carbocycles. The van der Waals surface area contributed by atoms with Gasteiger partial charge in [-0.1, -0.05) is 23.4 Å². The van der Waals surface area contributed by atoms with Crippen LogP contribution in [0.25, 0.3) is 0 Å². The number of rotatable bonds is 6. The van der Waals surface area contributed by atoms with E-state index in [1.807, 2.05) is 25.1 Å². The fourth-order valence-electron chi connectivity index (χ4n) is 3.62. The van der Waals surface area contributed by atoms with Gasteiger partial charge in [0.1, 0.15) is 6.54 Å². The van der Waals surface area contributed by atoms with Gasteiger partial charge in [-0.3, -0.25) is 19.4 Å². The van der Waals surface area contributed by atoms with Gasteiger partial charge in [0.2, 0.25) is 5.91 Å². The van der Waals surface area contributed by atoms with Gasteiger partial charge in [0.05, 0.1) is 19.9 Å². The predicted molar refractivity (Wildman–Crippen MR) is 111 cm³/mol.